The molecule has 9 nitrogen and oxygen atoms in total. The number of hydrogen-bond acceptors (Lipinski definition) is 7. The normalized spacial score (nSPS) is 14.0. The fraction of sp³-hybridized carbons (Fsp3) is 0.312. The van der Waals surface area contributed by atoms with Crippen LogP contribution in [0.4, 0.5) is 17.3 Å². The van der Waals surface area contributed by atoms with Crippen molar-refractivity contribution in [3.8, 4) is 0 Å². The van der Waals surface area contributed by atoms with E-state index in [-0.39, 0.29) is 17.3 Å². The highest BCUT2D eigenvalue weighted by Gasteiger charge is 2.28. The van der Waals surface area contributed by atoms with Crippen LogP contribution >= 0.6 is 0 Å². The lowest BCUT2D eigenvalue weighted by Gasteiger charge is -2.27. The van der Waals surface area contributed by atoms with Gasteiger partial charge in [-0.1, -0.05) is 18.2 Å². The van der Waals surface area contributed by atoms with Crippen LogP contribution in [0.25, 0.3) is 0 Å². The monoisotopic (exact) mass is 342 g/mol. The zero-order chi connectivity index (χ0) is 17.6. The number of piperidine rings is 1. The molecule has 0 bridgehead atoms. The number of carbonyl (C=O) groups excluding carboxylic acids is 1. The van der Waals surface area contributed by atoms with Gasteiger partial charge in [0.05, 0.1) is 4.92 Å². The van der Waals surface area contributed by atoms with Gasteiger partial charge in [0.15, 0.2) is 0 Å². The van der Waals surface area contributed by atoms with Crippen LogP contribution in [0.15, 0.2) is 36.7 Å². The van der Waals surface area contributed by atoms with Gasteiger partial charge in [-0.05, 0) is 31.4 Å². The Labute approximate surface area is 144 Å². The second-order valence-electron chi connectivity index (χ2n) is 5.64. The number of benzene rings is 1. The van der Waals surface area contributed by atoms with Crippen molar-refractivity contribution in [2.24, 2.45) is 0 Å². The minimum Gasteiger partial charge on any atom is -0.351 e. The molecule has 0 aliphatic carbocycles. The van der Waals surface area contributed by atoms with E-state index >= 15 is 0 Å². The maximum absolute atomic E-state index is 12.1. The van der Waals surface area contributed by atoms with Crippen molar-refractivity contribution in [3.63, 3.8) is 0 Å². The van der Waals surface area contributed by atoms with Crippen LogP contribution in [0.5, 0.6) is 0 Å². The van der Waals surface area contributed by atoms with Crippen molar-refractivity contribution >= 4 is 23.2 Å². The summed E-state index contributed by atoms with van der Waals surface area (Å²) in [6.45, 7) is 1.43. The van der Waals surface area contributed by atoms with E-state index < -0.39 is 10.8 Å². The first-order valence-electron chi connectivity index (χ1n) is 8.02. The SMILES string of the molecule is O=C(NNc1ncnc(N2CCCCC2)c1[N+](=O)[O-])c1ccccc1. The number of nitrogens with one attached hydrogen (secondary N) is 2. The smallest absolute Gasteiger partial charge is 0.351 e. The maximum atomic E-state index is 12.1. The van der Waals surface area contributed by atoms with E-state index in [4.69, 9.17) is 0 Å². The van der Waals surface area contributed by atoms with Gasteiger partial charge in [-0.2, -0.15) is 0 Å². The molecule has 0 unspecified atom stereocenters. The molecule has 0 radical (unpaired) electrons. The van der Waals surface area contributed by atoms with E-state index in [1.165, 1.54) is 6.33 Å². The average Bonchev–Trinajstić information content (AvgIpc) is 2.67. The van der Waals surface area contributed by atoms with Crippen LogP contribution in [0.1, 0.15) is 29.6 Å². The lowest BCUT2D eigenvalue weighted by Crippen LogP contribution is -2.33. The molecule has 25 heavy (non-hydrogen) atoms. The summed E-state index contributed by atoms with van der Waals surface area (Å²) in [6.07, 6.45) is 4.30. The van der Waals surface area contributed by atoms with Crippen molar-refractivity contribution in [2.75, 3.05) is 23.4 Å². The molecule has 0 spiro atoms. The lowest BCUT2D eigenvalue weighted by molar-refractivity contribution is -0.383. The molecule has 1 fully saturated rings. The molecule has 130 valence electrons. The summed E-state index contributed by atoms with van der Waals surface area (Å²) >= 11 is 0. The fourth-order valence-corrected chi connectivity index (χ4v) is 2.74. The van der Waals surface area contributed by atoms with E-state index in [2.05, 4.69) is 20.8 Å². The topological polar surface area (TPSA) is 113 Å². The van der Waals surface area contributed by atoms with Gasteiger partial charge in [0, 0.05) is 18.7 Å². The molecule has 0 saturated carbocycles. The van der Waals surface area contributed by atoms with Gasteiger partial charge in [-0.15, -0.1) is 0 Å². The van der Waals surface area contributed by atoms with Gasteiger partial charge in [0.25, 0.3) is 5.91 Å². The third-order valence-corrected chi connectivity index (χ3v) is 3.97. The number of hydrogen-bond donors (Lipinski definition) is 2. The number of rotatable bonds is 5. The Hall–Kier alpha value is -3.23. The number of hydrazine groups is 1. The van der Waals surface area contributed by atoms with Crippen LogP contribution in [0.2, 0.25) is 0 Å². The van der Waals surface area contributed by atoms with Gasteiger partial charge < -0.3 is 4.90 Å². The van der Waals surface area contributed by atoms with Crippen molar-refractivity contribution in [2.45, 2.75) is 19.3 Å². The van der Waals surface area contributed by atoms with Gasteiger partial charge in [-0.25, -0.2) is 9.97 Å². The average molecular weight is 342 g/mol. The number of carbonyl (C=O) groups is 1. The van der Waals surface area contributed by atoms with Crippen LogP contribution in [-0.2, 0) is 0 Å². The van der Waals surface area contributed by atoms with E-state index in [1.807, 2.05) is 4.90 Å². The molecule has 1 aliphatic heterocycles. The number of nitro groups is 1. The standard InChI is InChI=1S/C16H18N6O3/c23-16(12-7-3-1-4-8-12)20-19-14-13(22(24)25)15(18-11-17-14)21-9-5-2-6-10-21/h1,3-4,7-8,11H,2,5-6,9-10H2,(H,20,23)(H,17,18,19). The molecular weight excluding hydrogens is 324 g/mol. The molecule has 1 amide bonds. The quantitative estimate of drug-likeness (QED) is 0.632. The highest BCUT2D eigenvalue weighted by Crippen LogP contribution is 2.32. The molecule has 2 N–H and O–H groups in total. The largest absolute Gasteiger partial charge is 0.355 e. The zero-order valence-corrected chi connectivity index (χ0v) is 13.5. The summed E-state index contributed by atoms with van der Waals surface area (Å²) in [5, 5.41) is 11.5. The molecule has 1 saturated heterocycles. The first kappa shape index (κ1) is 16.6. The highest BCUT2D eigenvalue weighted by atomic mass is 16.6. The van der Waals surface area contributed by atoms with E-state index in [1.54, 1.807) is 30.3 Å². The summed E-state index contributed by atoms with van der Waals surface area (Å²) in [6, 6.07) is 8.55. The molecular formula is C16H18N6O3. The predicted molar refractivity (Wildman–Crippen MR) is 92.3 cm³/mol. The third-order valence-electron chi connectivity index (χ3n) is 3.97. The molecule has 9 heteroatoms. The Balaban J connectivity index is 1.81. The van der Waals surface area contributed by atoms with Crippen molar-refractivity contribution in [3.05, 3.63) is 52.3 Å². The first-order valence-corrected chi connectivity index (χ1v) is 8.02. The van der Waals surface area contributed by atoms with Crippen molar-refractivity contribution < 1.29 is 9.72 Å². The van der Waals surface area contributed by atoms with Gasteiger partial charge in [0.1, 0.15) is 6.33 Å². The van der Waals surface area contributed by atoms with E-state index in [0.717, 1.165) is 19.3 Å². The summed E-state index contributed by atoms with van der Waals surface area (Å²) in [7, 11) is 0. The highest BCUT2D eigenvalue weighted by molar-refractivity contribution is 5.95. The lowest BCUT2D eigenvalue weighted by atomic mass is 10.1. The minimum atomic E-state index is -0.527. The molecule has 2 aromatic rings. The van der Waals surface area contributed by atoms with Crippen molar-refractivity contribution in [1.82, 2.24) is 15.4 Å². The van der Waals surface area contributed by atoms with E-state index in [0.29, 0.717) is 18.7 Å². The summed E-state index contributed by atoms with van der Waals surface area (Å²) < 4.78 is 0. The summed E-state index contributed by atoms with van der Waals surface area (Å²) in [5.41, 5.74) is 5.19. The molecule has 1 aliphatic rings. The number of nitrogens with zero attached hydrogens (tertiary/aromatic N) is 4. The van der Waals surface area contributed by atoms with Gasteiger partial charge >= 0.3 is 5.69 Å². The second kappa shape index (κ2) is 7.56. The Morgan fingerprint density at radius 3 is 2.52 bits per heavy atom. The van der Waals surface area contributed by atoms with Crippen LogP contribution < -0.4 is 15.8 Å². The van der Waals surface area contributed by atoms with Crippen LogP contribution in [0, 0.1) is 10.1 Å². The Morgan fingerprint density at radius 1 is 1.12 bits per heavy atom. The molecule has 0 atom stereocenters. The first-order chi connectivity index (χ1) is 12.2. The Morgan fingerprint density at radius 2 is 1.84 bits per heavy atom. The van der Waals surface area contributed by atoms with E-state index in [9.17, 15) is 14.9 Å². The molecule has 2 heterocycles. The van der Waals surface area contributed by atoms with Crippen molar-refractivity contribution in [1.29, 1.82) is 0 Å². The van der Waals surface area contributed by atoms with Gasteiger partial charge in [-0.3, -0.25) is 25.8 Å². The maximum Gasteiger partial charge on any atom is 0.355 e. The number of amides is 1. The number of anilines is 2. The Bertz CT molecular complexity index is 762. The summed E-state index contributed by atoms with van der Waals surface area (Å²) in [4.78, 5) is 33.0. The second-order valence-corrected chi connectivity index (χ2v) is 5.64. The third kappa shape index (κ3) is 3.82. The minimum absolute atomic E-state index is 0.0372. The van der Waals surface area contributed by atoms with Gasteiger partial charge in [0.2, 0.25) is 11.6 Å². The van der Waals surface area contributed by atoms with Crippen LogP contribution in [0.3, 0.4) is 0 Å². The molecule has 1 aromatic carbocycles. The summed E-state index contributed by atoms with van der Waals surface area (Å²) in [5.74, 6) is -0.172. The molecule has 3 rings (SSSR count). The predicted octanol–water partition coefficient (Wildman–Crippen LogP) is 2.13. The van der Waals surface area contributed by atoms with Crippen LogP contribution in [-0.4, -0.2) is 33.9 Å². The fourth-order valence-electron chi connectivity index (χ4n) is 2.74. The zero-order valence-electron chi connectivity index (χ0n) is 13.5. The Kier molecular flexibility index (Phi) is 5.03. The molecule has 1 aromatic heterocycles. The number of aromatic nitrogens is 2.